The maximum Gasteiger partial charge on any atom is 0.336 e. The number of carbonyl (C=O) groups excluding carboxylic acids is 2. The van der Waals surface area contributed by atoms with E-state index in [2.05, 4.69) is 5.32 Å². The number of nitrogens with one attached hydrogen (secondary N) is 1. The van der Waals surface area contributed by atoms with Gasteiger partial charge in [-0.3, -0.25) is 4.79 Å². The number of esters is 1. The summed E-state index contributed by atoms with van der Waals surface area (Å²) in [4.78, 5) is 26.0. The molecule has 2 aliphatic heterocycles. The normalized spacial score (nSPS) is 23.1. The van der Waals surface area contributed by atoms with E-state index in [4.69, 9.17) is 14.2 Å². The minimum Gasteiger partial charge on any atom is -0.466 e. The van der Waals surface area contributed by atoms with E-state index in [9.17, 15) is 9.59 Å². The second-order valence-corrected chi connectivity index (χ2v) is 7.81. The van der Waals surface area contributed by atoms with Crippen LogP contribution < -0.4 is 14.8 Å². The molecule has 0 spiro atoms. The molecule has 1 unspecified atom stereocenters. The van der Waals surface area contributed by atoms with Gasteiger partial charge >= 0.3 is 5.97 Å². The Bertz CT molecular complexity index is 909. The van der Waals surface area contributed by atoms with E-state index in [1.54, 1.807) is 0 Å². The molecular formula is C21H23NO5. The van der Waals surface area contributed by atoms with Crippen molar-refractivity contribution in [2.24, 2.45) is 5.41 Å². The number of Topliss-reactive ketones (excluding diaryl/α,β-unsaturated/α-hetero) is 1. The maximum absolute atomic E-state index is 13.3. The molecular weight excluding hydrogens is 346 g/mol. The van der Waals surface area contributed by atoms with Crippen LogP contribution in [-0.4, -0.2) is 25.7 Å². The Morgan fingerprint density at radius 2 is 2.00 bits per heavy atom. The summed E-state index contributed by atoms with van der Waals surface area (Å²) in [6.07, 6.45) is 1.54. The van der Waals surface area contributed by atoms with Crippen LogP contribution in [0, 0.1) is 5.41 Å². The number of hydrogen-bond donors (Lipinski definition) is 1. The molecule has 2 heterocycles. The predicted octanol–water partition coefficient (Wildman–Crippen LogP) is 3.19. The molecule has 1 aromatic carbocycles. The summed E-state index contributed by atoms with van der Waals surface area (Å²) in [5, 5.41) is 3.29. The molecule has 1 atom stereocenters. The Morgan fingerprint density at radius 1 is 1.26 bits per heavy atom. The fraction of sp³-hybridized carbons (Fsp3) is 0.429. The largest absolute Gasteiger partial charge is 0.466 e. The molecule has 4 rings (SSSR count). The molecule has 0 saturated heterocycles. The van der Waals surface area contributed by atoms with Gasteiger partial charge in [0.15, 0.2) is 17.3 Å². The fourth-order valence-electron chi connectivity index (χ4n) is 4.08. The minimum atomic E-state index is -0.490. The average molecular weight is 369 g/mol. The smallest absolute Gasteiger partial charge is 0.336 e. The van der Waals surface area contributed by atoms with Gasteiger partial charge < -0.3 is 19.5 Å². The first-order chi connectivity index (χ1) is 12.8. The molecule has 1 N–H and O–H groups in total. The zero-order valence-corrected chi connectivity index (χ0v) is 16.0. The highest BCUT2D eigenvalue weighted by Crippen LogP contribution is 2.48. The standard InChI is InChI=1S/C21H23NO5/c1-11-16(20(24)25-4)17(12-5-6-14-15(9-12)27-10-26-14)18-13(22-11)7-8-21(2,3)19(18)23/h5-6,9,17,22H,7-8,10H2,1-4H3. The zero-order valence-electron chi connectivity index (χ0n) is 16.0. The van der Waals surface area contributed by atoms with Crippen molar-refractivity contribution < 1.29 is 23.8 Å². The van der Waals surface area contributed by atoms with Gasteiger partial charge in [0.25, 0.3) is 0 Å². The minimum absolute atomic E-state index is 0.0628. The molecule has 6 heteroatoms. The zero-order chi connectivity index (χ0) is 19.3. The highest BCUT2D eigenvalue weighted by atomic mass is 16.7. The Morgan fingerprint density at radius 3 is 2.74 bits per heavy atom. The van der Waals surface area contributed by atoms with Crippen LogP contribution >= 0.6 is 0 Å². The summed E-state index contributed by atoms with van der Waals surface area (Å²) in [6, 6.07) is 5.57. The Labute approximate surface area is 158 Å². The number of methoxy groups -OCH3 is 1. The van der Waals surface area contributed by atoms with Crippen molar-refractivity contribution in [3.8, 4) is 11.5 Å². The first kappa shape index (κ1) is 17.6. The number of hydrogen-bond acceptors (Lipinski definition) is 6. The van der Waals surface area contributed by atoms with Gasteiger partial charge in [0.1, 0.15) is 0 Å². The molecule has 27 heavy (non-hydrogen) atoms. The number of fused-ring (bicyclic) bond motifs is 1. The van der Waals surface area contributed by atoms with Crippen LogP contribution in [0.3, 0.4) is 0 Å². The molecule has 142 valence electrons. The third-order valence-corrected chi connectivity index (χ3v) is 5.64. The van der Waals surface area contributed by atoms with Crippen molar-refractivity contribution >= 4 is 11.8 Å². The van der Waals surface area contributed by atoms with Gasteiger partial charge in [-0.1, -0.05) is 19.9 Å². The van der Waals surface area contributed by atoms with Crippen molar-refractivity contribution in [2.75, 3.05) is 13.9 Å². The number of carbonyl (C=O) groups is 2. The molecule has 0 fully saturated rings. The van der Waals surface area contributed by atoms with E-state index in [1.165, 1.54) is 7.11 Å². The average Bonchev–Trinajstić information content (AvgIpc) is 3.11. The molecule has 1 aromatic rings. The molecule has 1 aliphatic carbocycles. The van der Waals surface area contributed by atoms with Gasteiger partial charge in [-0.2, -0.15) is 0 Å². The maximum atomic E-state index is 13.3. The lowest BCUT2D eigenvalue weighted by atomic mass is 9.67. The molecule has 0 bridgehead atoms. The summed E-state index contributed by atoms with van der Waals surface area (Å²) in [7, 11) is 1.36. The predicted molar refractivity (Wildman–Crippen MR) is 98.2 cm³/mol. The third-order valence-electron chi connectivity index (χ3n) is 5.64. The first-order valence-corrected chi connectivity index (χ1v) is 9.07. The lowest BCUT2D eigenvalue weighted by Crippen LogP contribution is -2.40. The first-order valence-electron chi connectivity index (χ1n) is 9.07. The summed E-state index contributed by atoms with van der Waals surface area (Å²) in [6.45, 7) is 5.93. The van der Waals surface area contributed by atoms with Gasteiger partial charge in [-0.25, -0.2) is 4.79 Å². The van der Waals surface area contributed by atoms with E-state index in [0.29, 0.717) is 22.6 Å². The second-order valence-electron chi connectivity index (χ2n) is 7.81. The van der Waals surface area contributed by atoms with E-state index < -0.39 is 17.3 Å². The monoisotopic (exact) mass is 369 g/mol. The van der Waals surface area contributed by atoms with Gasteiger partial charge in [-0.05, 0) is 37.5 Å². The number of dihydropyridines is 1. The Kier molecular flexibility index (Phi) is 4.02. The lowest BCUT2D eigenvalue weighted by molar-refractivity contribution is -0.136. The number of ketones is 1. The molecule has 0 aromatic heterocycles. The van der Waals surface area contributed by atoms with Crippen LogP contribution in [-0.2, 0) is 14.3 Å². The quantitative estimate of drug-likeness (QED) is 0.807. The topological polar surface area (TPSA) is 73.9 Å². The van der Waals surface area contributed by atoms with Gasteiger partial charge in [0.05, 0.1) is 12.7 Å². The highest BCUT2D eigenvalue weighted by molar-refractivity contribution is 6.06. The molecule has 0 amide bonds. The molecule has 0 radical (unpaired) electrons. The molecule has 0 saturated carbocycles. The van der Waals surface area contributed by atoms with Crippen LogP contribution in [0.25, 0.3) is 0 Å². The van der Waals surface area contributed by atoms with E-state index in [1.807, 2.05) is 39.0 Å². The van der Waals surface area contributed by atoms with Crippen LogP contribution in [0.4, 0.5) is 0 Å². The lowest BCUT2D eigenvalue weighted by Gasteiger charge is -2.39. The van der Waals surface area contributed by atoms with Crippen molar-refractivity contribution in [1.29, 1.82) is 0 Å². The number of benzene rings is 1. The van der Waals surface area contributed by atoms with Crippen molar-refractivity contribution in [1.82, 2.24) is 5.32 Å². The number of ether oxygens (including phenoxy) is 3. The Balaban J connectivity index is 1.90. The van der Waals surface area contributed by atoms with Gasteiger partial charge in [0, 0.05) is 28.3 Å². The van der Waals surface area contributed by atoms with Crippen LogP contribution in [0.1, 0.15) is 45.1 Å². The van der Waals surface area contributed by atoms with Crippen molar-refractivity contribution in [2.45, 2.75) is 39.5 Å². The summed E-state index contributed by atoms with van der Waals surface area (Å²) < 4.78 is 16.0. The number of rotatable bonds is 2. The van der Waals surface area contributed by atoms with E-state index >= 15 is 0 Å². The van der Waals surface area contributed by atoms with Crippen LogP contribution in [0.2, 0.25) is 0 Å². The second kappa shape index (κ2) is 6.15. The van der Waals surface area contributed by atoms with E-state index in [0.717, 1.165) is 29.8 Å². The van der Waals surface area contributed by atoms with Crippen molar-refractivity contribution in [3.63, 3.8) is 0 Å². The highest BCUT2D eigenvalue weighted by Gasteiger charge is 2.45. The third kappa shape index (κ3) is 2.71. The Hall–Kier alpha value is -2.76. The van der Waals surface area contributed by atoms with Crippen LogP contribution in [0.15, 0.2) is 40.7 Å². The van der Waals surface area contributed by atoms with Crippen molar-refractivity contribution in [3.05, 3.63) is 46.3 Å². The SMILES string of the molecule is COC(=O)C1=C(C)NC2=C(C(=O)C(C)(C)CC2)C1c1ccc2c(c1)OCO2. The fourth-order valence-corrected chi connectivity index (χ4v) is 4.08. The van der Waals surface area contributed by atoms with Crippen LogP contribution in [0.5, 0.6) is 11.5 Å². The summed E-state index contributed by atoms with van der Waals surface area (Å²) >= 11 is 0. The van der Waals surface area contributed by atoms with Gasteiger partial charge in [0.2, 0.25) is 6.79 Å². The van der Waals surface area contributed by atoms with E-state index in [-0.39, 0.29) is 12.6 Å². The molecule has 6 nitrogen and oxygen atoms in total. The van der Waals surface area contributed by atoms with Gasteiger partial charge in [-0.15, -0.1) is 0 Å². The summed E-state index contributed by atoms with van der Waals surface area (Å²) in [5.74, 6) is 0.420. The molecule has 3 aliphatic rings. The summed E-state index contributed by atoms with van der Waals surface area (Å²) in [5.41, 5.74) is 3.07. The number of allylic oxidation sites excluding steroid dienone is 3.